The summed E-state index contributed by atoms with van der Waals surface area (Å²) in [4.78, 5) is 31.6. The lowest BCUT2D eigenvalue weighted by atomic mass is 9.73. The minimum absolute atomic E-state index is 0.0673. The third-order valence-corrected chi connectivity index (χ3v) is 8.83. The number of ether oxygens (including phenoxy) is 2. The summed E-state index contributed by atoms with van der Waals surface area (Å²) in [6.45, 7) is 2.09. The van der Waals surface area contributed by atoms with Gasteiger partial charge in [0, 0.05) is 25.7 Å². The molecule has 1 aromatic heterocycles. The average molecular weight is 549 g/mol. The molecule has 1 fully saturated rings. The predicted octanol–water partition coefficient (Wildman–Crippen LogP) is 5.09. The van der Waals surface area contributed by atoms with E-state index in [-0.39, 0.29) is 11.8 Å². The number of likely N-dealkylation sites (tertiary alicyclic amines) is 1. The van der Waals surface area contributed by atoms with Gasteiger partial charge in [-0.3, -0.25) is 9.59 Å². The van der Waals surface area contributed by atoms with Gasteiger partial charge in [0.05, 0.1) is 19.1 Å². The highest BCUT2D eigenvalue weighted by molar-refractivity contribution is 7.08. The van der Waals surface area contributed by atoms with Crippen molar-refractivity contribution in [1.82, 2.24) is 19.4 Å². The van der Waals surface area contributed by atoms with Crippen molar-refractivity contribution in [2.75, 3.05) is 40.4 Å². The van der Waals surface area contributed by atoms with Gasteiger partial charge in [-0.15, -0.1) is 5.10 Å². The van der Waals surface area contributed by atoms with E-state index in [1.807, 2.05) is 53.2 Å². The molecule has 2 aliphatic heterocycles. The average Bonchev–Trinajstić information content (AvgIpc) is 3.47. The molecule has 0 saturated carbocycles. The normalized spacial score (nSPS) is 18.4. The summed E-state index contributed by atoms with van der Waals surface area (Å²) >= 11 is 1.12. The smallest absolute Gasteiger partial charge is 0.267 e. The van der Waals surface area contributed by atoms with E-state index in [1.165, 1.54) is 5.56 Å². The summed E-state index contributed by atoms with van der Waals surface area (Å²) in [5.41, 5.74) is 2.21. The van der Waals surface area contributed by atoms with E-state index in [9.17, 15) is 9.59 Å². The van der Waals surface area contributed by atoms with Gasteiger partial charge in [-0.1, -0.05) is 35.5 Å². The first-order chi connectivity index (χ1) is 19.0. The Balaban J connectivity index is 1.27. The maximum atomic E-state index is 13.8. The molecule has 3 aromatic rings. The molecule has 1 saturated heterocycles. The SMILES string of the molecule is COc1ccc(-c2nnsc2C(=O)N2CCC3(CCCCCc4ccccc4OCCN(C)C3=O)CC2)cc1. The molecule has 0 radical (unpaired) electrons. The molecule has 3 heterocycles. The third-order valence-electron chi connectivity index (χ3n) is 8.11. The summed E-state index contributed by atoms with van der Waals surface area (Å²) in [7, 11) is 3.50. The lowest BCUT2D eigenvalue weighted by Crippen LogP contribution is -2.51. The molecular weight excluding hydrogens is 512 g/mol. The highest BCUT2D eigenvalue weighted by Crippen LogP contribution is 2.40. The number of para-hydroxylation sites is 1. The van der Waals surface area contributed by atoms with Crippen molar-refractivity contribution < 1.29 is 19.1 Å². The van der Waals surface area contributed by atoms with Crippen LogP contribution in [0, 0.1) is 5.41 Å². The molecular formula is C30H36N4O4S. The van der Waals surface area contributed by atoms with Crippen LogP contribution in [0.5, 0.6) is 11.5 Å². The fourth-order valence-electron chi connectivity index (χ4n) is 5.73. The molecule has 0 bridgehead atoms. The Labute approximate surface area is 234 Å². The highest BCUT2D eigenvalue weighted by atomic mass is 32.1. The largest absolute Gasteiger partial charge is 0.497 e. The predicted molar refractivity (Wildman–Crippen MR) is 151 cm³/mol. The molecule has 39 heavy (non-hydrogen) atoms. The van der Waals surface area contributed by atoms with Crippen LogP contribution in [-0.2, 0) is 11.2 Å². The first kappa shape index (κ1) is 27.1. The third kappa shape index (κ3) is 5.93. The van der Waals surface area contributed by atoms with Crippen LogP contribution in [0.1, 0.15) is 53.8 Å². The number of likely N-dealkylation sites (N-methyl/N-ethyl adjacent to an activating group) is 1. The zero-order chi connectivity index (χ0) is 27.2. The molecule has 1 spiro atoms. The summed E-state index contributed by atoms with van der Waals surface area (Å²) in [5, 5.41) is 4.25. The molecule has 0 unspecified atom stereocenters. The quantitative estimate of drug-likeness (QED) is 0.453. The van der Waals surface area contributed by atoms with E-state index < -0.39 is 5.41 Å². The highest BCUT2D eigenvalue weighted by Gasteiger charge is 2.43. The van der Waals surface area contributed by atoms with Crippen LogP contribution in [0.15, 0.2) is 48.5 Å². The van der Waals surface area contributed by atoms with Gasteiger partial charge in [0.15, 0.2) is 0 Å². The second-order valence-electron chi connectivity index (χ2n) is 10.5. The molecule has 206 valence electrons. The maximum absolute atomic E-state index is 13.8. The van der Waals surface area contributed by atoms with Gasteiger partial charge in [-0.25, -0.2) is 0 Å². The van der Waals surface area contributed by atoms with Crippen molar-refractivity contribution in [3.63, 3.8) is 0 Å². The zero-order valence-electron chi connectivity index (χ0n) is 22.7. The first-order valence-electron chi connectivity index (χ1n) is 13.7. The number of carbonyl (C=O) groups excluding carboxylic acids is 2. The van der Waals surface area contributed by atoms with Crippen molar-refractivity contribution in [2.45, 2.75) is 44.9 Å². The number of nitrogens with zero attached hydrogens (tertiary/aromatic N) is 4. The van der Waals surface area contributed by atoms with Crippen LogP contribution in [0.3, 0.4) is 0 Å². The maximum Gasteiger partial charge on any atom is 0.267 e. The van der Waals surface area contributed by atoms with Gasteiger partial charge in [-0.05, 0) is 79.5 Å². The van der Waals surface area contributed by atoms with Crippen molar-refractivity contribution in [3.8, 4) is 22.8 Å². The standard InChI is InChI=1S/C30H36N4O4S/c1-33-20-21-38-25-10-6-5-9-22(25)8-4-3-7-15-30(29(33)36)16-18-34(19-17-30)28(35)27-26(31-32-39-27)23-11-13-24(37-2)14-12-23/h5-6,9-14H,3-4,7-8,15-21H2,1-2H3. The molecule has 2 aliphatic rings. The summed E-state index contributed by atoms with van der Waals surface area (Å²) < 4.78 is 15.4. The molecule has 5 rings (SSSR count). The van der Waals surface area contributed by atoms with Gasteiger partial charge in [0.25, 0.3) is 5.91 Å². The minimum Gasteiger partial charge on any atom is -0.497 e. The second kappa shape index (κ2) is 12.2. The lowest BCUT2D eigenvalue weighted by Gasteiger charge is -2.42. The van der Waals surface area contributed by atoms with Crippen LogP contribution in [-0.4, -0.2) is 71.6 Å². The number of hydrogen-bond acceptors (Lipinski definition) is 7. The monoisotopic (exact) mass is 548 g/mol. The van der Waals surface area contributed by atoms with E-state index in [4.69, 9.17) is 9.47 Å². The first-order valence-corrected chi connectivity index (χ1v) is 14.5. The van der Waals surface area contributed by atoms with E-state index in [2.05, 4.69) is 21.7 Å². The Morgan fingerprint density at radius 1 is 1.00 bits per heavy atom. The van der Waals surface area contributed by atoms with Crippen molar-refractivity contribution in [1.29, 1.82) is 0 Å². The Morgan fingerprint density at radius 2 is 1.77 bits per heavy atom. The molecule has 9 heteroatoms. The molecule has 2 amide bonds. The van der Waals surface area contributed by atoms with Crippen molar-refractivity contribution in [2.24, 2.45) is 5.41 Å². The van der Waals surface area contributed by atoms with Gasteiger partial charge in [-0.2, -0.15) is 0 Å². The van der Waals surface area contributed by atoms with Gasteiger partial charge in [0.2, 0.25) is 5.91 Å². The van der Waals surface area contributed by atoms with Crippen LogP contribution in [0.4, 0.5) is 0 Å². The number of benzene rings is 2. The number of carbonyl (C=O) groups is 2. The Kier molecular flexibility index (Phi) is 8.45. The fraction of sp³-hybridized carbons (Fsp3) is 0.467. The summed E-state index contributed by atoms with van der Waals surface area (Å²) in [6, 6.07) is 15.7. The Bertz CT molecular complexity index is 1280. The molecule has 0 N–H and O–H groups in total. The Morgan fingerprint density at radius 3 is 2.54 bits per heavy atom. The minimum atomic E-state index is -0.447. The van der Waals surface area contributed by atoms with E-state index in [0.717, 1.165) is 60.7 Å². The van der Waals surface area contributed by atoms with Gasteiger partial charge >= 0.3 is 0 Å². The van der Waals surface area contributed by atoms with Crippen molar-refractivity contribution in [3.05, 3.63) is 59.0 Å². The number of fused-ring (bicyclic) bond motifs is 1. The Hall–Kier alpha value is -3.46. The van der Waals surface area contributed by atoms with Gasteiger partial charge < -0.3 is 19.3 Å². The van der Waals surface area contributed by atoms with Crippen molar-refractivity contribution >= 4 is 23.3 Å². The second-order valence-corrected chi connectivity index (χ2v) is 11.2. The van der Waals surface area contributed by atoms with Crippen LogP contribution >= 0.6 is 11.5 Å². The van der Waals surface area contributed by atoms with Crippen LogP contribution < -0.4 is 9.47 Å². The van der Waals surface area contributed by atoms with Crippen LogP contribution in [0.2, 0.25) is 0 Å². The lowest BCUT2D eigenvalue weighted by molar-refractivity contribution is -0.144. The molecule has 0 atom stereocenters. The summed E-state index contributed by atoms with van der Waals surface area (Å²) in [6.07, 6.45) is 6.27. The molecule has 0 aliphatic carbocycles. The molecule has 8 nitrogen and oxygen atoms in total. The number of piperidine rings is 1. The molecule has 2 aromatic carbocycles. The number of aryl methyl sites for hydroxylation is 1. The fourth-order valence-corrected chi connectivity index (χ4v) is 6.38. The van der Waals surface area contributed by atoms with Gasteiger partial charge in [0.1, 0.15) is 28.7 Å². The summed E-state index contributed by atoms with van der Waals surface area (Å²) in [5.74, 6) is 1.77. The number of hydrogen-bond donors (Lipinski definition) is 0. The van der Waals surface area contributed by atoms with E-state index in [0.29, 0.717) is 49.7 Å². The number of amides is 2. The number of methoxy groups -OCH3 is 1. The number of aromatic nitrogens is 2. The van der Waals surface area contributed by atoms with E-state index >= 15 is 0 Å². The number of rotatable bonds is 3. The van der Waals surface area contributed by atoms with Crippen LogP contribution in [0.25, 0.3) is 11.3 Å². The topological polar surface area (TPSA) is 84.9 Å². The zero-order valence-corrected chi connectivity index (χ0v) is 23.5. The van der Waals surface area contributed by atoms with E-state index in [1.54, 1.807) is 7.11 Å².